The first-order valence-electron chi connectivity index (χ1n) is 10.2. The predicted octanol–water partition coefficient (Wildman–Crippen LogP) is 5.11. The molecule has 0 spiro atoms. The molecule has 0 bridgehead atoms. The van der Waals surface area contributed by atoms with E-state index in [9.17, 15) is 40.4 Å². The molecule has 2 aromatic heterocycles. The van der Waals surface area contributed by atoms with E-state index in [1.807, 2.05) is 0 Å². The summed E-state index contributed by atoms with van der Waals surface area (Å²) in [6.45, 7) is -0.566. The molecular weight excluding hydrogens is 537 g/mol. The number of nitrogens with two attached hydrogens (primary N) is 1. The van der Waals surface area contributed by atoms with Crippen LogP contribution >= 0.6 is 11.3 Å². The number of primary sulfonamides is 1. The maximum absolute atomic E-state index is 14.3. The van der Waals surface area contributed by atoms with Crippen molar-refractivity contribution >= 4 is 21.4 Å². The molecule has 0 aliphatic rings. The van der Waals surface area contributed by atoms with Crippen LogP contribution in [0.1, 0.15) is 16.7 Å². The summed E-state index contributed by atoms with van der Waals surface area (Å²) in [5, 5.41) is 14.4. The van der Waals surface area contributed by atoms with E-state index in [1.54, 1.807) is 6.07 Å². The standard InChI is InChI=1S/C24H14F5N3O3S2/c25-15-4-1-14(19(26)9-15)12-32-20(10-18(24(27,28)29)17(11-30)23(32)33)22-8-7-21(36-22)13-2-5-16(6-3-13)37(31,34)35/h1-10H,12H2,(H2,31,34,35). The molecule has 2 heterocycles. The molecule has 0 unspecified atom stereocenters. The van der Waals surface area contributed by atoms with E-state index in [0.29, 0.717) is 22.6 Å². The number of rotatable bonds is 5. The zero-order valence-electron chi connectivity index (χ0n) is 18.4. The van der Waals surface area contributed by atoms with Crippen LogP contribution in [0.2, 0.25) is 0 Å². The third kappa shape index (κ3) is 5.31. The van der Waals surface area contributed by atoms with E-state index in [4.69, 9.17) is 5.14 Å². The number of aromatic nitrogens is 1. The molecular formula is C24H14F5N3O3S2. The van der Waals surface area contributed by atoms with Gasteiger partial charge in [0.25, 0.3) is 5.56 Å². The second-order valence-electron chi connectivity index (χ2n) is 7.79. The van der Waals surface area contributed by atoms with Gasteiger partial charge in [0.15, 0.2) is 0 Å². The normalized spacial score (nSPS) is 11.9. The highest BCUT2D eigenvalue weighted by molar-refractivity contribution is 7.89. The van der Waals surface area contributed by atoms with Gasteiger partial charge in [-0.1, -0.05) is 18.2 Å². The van der Waals surface area contributed by atoms with E-state index >= 15 is 0 Å². The van der Waals surface area contributed by atoms with E-state index in [-0.39, 0.29) is 21.0 Å². The van der Waals surface area contributed by atoms with Gasteiger partial charge in [0.1, 0.15) is 23.3 Å². The highest BCUT2D eigenvalue weighted by Crippen LogP contribution is 2.38. The van der Waals surface area contributed by atoms with Crippen LogP contribution < -0.4 is 10.7 Å². The molecule has 6 nitrogen and oxygen atoms in total. The highest BCUT2D eigenvalue weighted by atomic mass is 32.2. The summed E-state index contributed by atoms with van der Waals surface area (Å²) in [4.78, 5) is 13.6. The monoisotopic (exact) mass is 551 g/mol. The average Bonchev–Trinajstić information content (AvgIpc) is 3.30. The predicted molar refractivity (Wildman–Crippen MR) is 126 cm³/mol. The Morgan fingerprint density at radius 1 is 0.973 bits per heavy atom. The van der Waals surface area contributed by atoms with Gasteiger partial charge in [-0.3, -0.25) is 4.79 Å². The van der Waals surface area contributed by atoms with Crippen molar-refractivity contribution in [2.75, 3.05) is 0 Å². The number of halogens is 5. The molecule has 13 heteroatoms. The van der Waals surface area contributed by atoms with Crippen molar-refractivity contribution in [3.05, 3.63) is 99.3 Å². The third-order valence-corrected chi connectivity index (χ3v) is 7.47. The summed E-state index contributed by atoms with van der Waals surface area (Å²) >= 11 is 0.981. The lowest BCUT2D eigenvalue weighted by atomic mass is 10.1. The Labute approximate surface area is 210 Å². The van der Waals surface area contributed by atoms with Crippen molar-refractivity contribution in [1.82, 2.24) is 4.57 Å². The van der Waals surface area contributed by atoms with Gasteiger partial charge in [-0.25, -0.2) is 22.3 Å². The van der Waals surface area contributed by atoms with Crippen molar-refractivity contribution in [2.24, 2.45) is 5.14 Å². The number of thiophene rings is 1. The van der Waals surface area contributed by atoms with Crippen molar-refractivity contribution in [3.63, 3.8) is 0 Å². The van der Waals surface area contributed by atoms with Crippen LogP contribution in [0.3, 0.4) is 0 Å². The lowest BCUT2D eigenvalue weighted by Crippen LogP contribution is -2.28. The lowest BCUT2D eigenvalue weighted by molar-refractivity contribution is -0.137. The van der Waals surface area contributed by atoms with Gasteiger partial charge >= 0.3 is 6.18 Å². The van der Waals surface area contributed by atoms with Gasteiger partial charge < -0.3 is 4.57 Å². The summed E-state index contributed by atoms with van der Waals surface area (Å²) in [6, 6.07) is 12.9. The maximum atomic E-state index is 14.3. The van der Waals surface area contributed by atoms with Crippen LogP contribution in [-0.4, -0.2) is 13.0 Å². The minimum atomic E-state index is -5.02. The van der Waals surface area contributed by atoms with Crippen LogP contribution in [-0.2, 0) is 22.7 Å². The number of sulfonamides is 1. The molecule has 4 aromatic rings. The lowest BCUT2D eigenvalue weighted by Gasteiger charge is -2.17. The number of nitrogens with zero attached hydrogens (tertiary/aromatic N) is 2. The Morgan fingerprint density at radius 3 is 2.19 bits per heavy atom. The maximum Gasteiger partial charge on any atom is 0.417 e. The fraction of sp³-hybridized carbons (Fsp3) is 0.0833. The number of nitriles is 1. The topological polar surface area (TPSA) is 106 Å². The zero-order valence-corrected chi connectivity index (χ0v) is 20.0. The van der Waals surface area contributed by atoms with Crippen LogP contribution in [0, 0.1) is 23.0 Å². The third-order valence-electron chi connectivity index (χ3n) is 5.39. The van der Waals surface area contributed by atoms with Gasteiger partial charge in [0.05, 0.1) is 27.6 Å². The molecule has 37 heavy (non-hydrogen) atoms. The minimum absolute atomic E-state index is 0.134. The number of pyridine rings is 1. The molecule has 0 saturated heterocycles. The van der Waals surface area contributed by atoms with Crippen LogP contribution in [0.5, 0.6) is 0 Å². The van der Waals surface area contributed by atoms with E-state index in [2.05, 4.69) is 0 Å². The largest absolute Gasteiger partial charge is 0.417 e. The van der Waals surface area contributed by atoms with Gasteiger partial charge in [-0.15, -0.1) is 11.3 Å². The molecule has 0 atom stereocenters. The molecule has 2 aromatic carbocycles. The Hall–Kier alpha value is -3.86. The Morgan fingerprint density at radius 2 is 1.62 bits per heavy atom. The second kappa shape index (κ2) is 9.55. The minimum Gasteiger partial charge on any atom is -0.302 e. The molecule has 4 rings (SSSR count). The van der Waals surface area contributed by atoms with E-state index in [1.165, 1.54) is 36.4 Å². The Balaban J connectivity index is 1.89. The number of benzene rings is 2. The molecule has 0 radical (unpaired) electrons. The molecule has 0 fully saturated rings. The average molecular weight is 552 g/mol. The number of alkyl halides is 3. The van der Waals surface area contributed by atoms with Crippen LogP contribution in [0.4, 0.5) is 22.0 Å². The molecule has 0 aliphatic carbocycles. The smallest absolute Gasteiger partial charge is 0.302 e. The quantitative estimate of drug-likeness (QED) is 0.348. The summed E-state index contributed by atoms with van der Waals surface area (Å²) < 4.78 is 92.7. The fourth-order valence-corrected chi connectivity index (χ4v) is 5.15. The highest BCUT2D eigenvalue weighted by Gasteiger charge is 2.36. The summed E-state index contributed by atoms with van der Waals surface area (Å²) in [6.07, 6.45) is -5.02. The Kier molecular flexibility index (Phi) is 6.76. The molecule has 190 valence electrons. The van der Waals surface area contributed by atoms with Gasteiger partial charge in [0, 0.05) is 16.5 Å². The molecule has 0 amide bonds. The van der Waals surface area contributed by atoms with Gasteiger partial charge in [0.2, 0.25) is 10.0 Å². The van der Waals surface area contributed by atoms with Crippen molar-refractivity contribution < 1.29 is 30.4 Å². The fourth-order valence-electron chi connectivity index (χ4n) is 3.60. The summed E-state index contributed by atoms with van der Waals surface area (Å²) in [5.41, 5.74) is -3.79. The summed E-state index contributed by atoms with van der Waals surface area (Å²) in [7, 11) is -3.93. The first-order chi connectivity index (χ1) is 17.3. The number of hydrogen-bond acceptors (Lipinski definition) is 5. The zero-order chi connectivity index (χ0) is 27.1. The van der Waals surface area contributed by atoms with Crippen LogP contribution in [0.25, 0.3) is 21.0 Å². The van der Waals surface area contributed by atoms with Gasteiger partial charge in [-0.05, 0) is 42.0 Å². The van der Waals surface area contributed by atoms with Crippen molar-refractivity contribution in [3.8, 4) is 27.1 Å². The summed E-state index contributed by atoms with van der Waals surface area (Å²) in [5.74, 6) is -1.90. The molecule has 2 N–H and O–H groups in total. The van der Waals surface area contributed by atoms with E-state index in [0.717, 1.165) is 28.0 Å². The van der Waals surface area contributed by atoms with Gasteiger partial charge in [-0.2, -0.15) is 18.4 Å². The van der Waals surface area contributed by atoms with E-state index < -0.39 is 51.1 Å². The van der Waals surface area contributed by atoms with Crippen molar-refractivity contribution in [2.45, 2.75) is 17.6 Å². The SMILES string of the molecule is N#Cc1c(C(F)(F)F)cc(-c2ccc(-c3ccc(S(N)(=O)=O)cc3)s2)n(Cc2ccc(F)cc2F)c1=O. The number of hydrogen-bond donors (Lipinski definition) is 1. The molecule has 0 aliphatic heterocycles. The molecule has 0 saturated carbocycles. The Bertz CT molecular complexity index is 1720. The first kappa shape index (κ1) is 26.2. The second-order valence-corrected chi connectivity index (χ2v) is 10.4. The van der Waals surface area contributed by atoms with Crippen LogP contribution in [0.15, 0.2) is 70.4 Å². The first-order valence-corrected chi connectivity index (χ1v) is 12.6. The van der Waals surface area contributed by atoms with Crippen molar-refractivity contribution in [1.29, 1.82) is 5.26 Å².